The zero-order valence-corrected chi connectivity index (χ0v) is 17.2. The number of benzene rings is 1. The van der Waals surface area contributed by atoms with Crippen LogP contribution in [0.25, 0.3) is 11.0 Å². The van der Waals surface area contributed by atoms with Crippen LogP contribution in [0.5, 0.6) is 5.75 Å². The molecule has 0 radical (unpaired) electrons. The largest absolute Gasteiger partial charge is 0.483 e. The van der Waals surface area contributed by atoms with Crippen molar-refractivity contribution in [1.29, 1.82) is 0 Å². The number of primary amides is 1. The van der Waals surface area contributed by atoms with Crippen molar-refractivity contribution in [1.82, 2.24) is 4.98 Å². The van der Waals surface area contributed by atoms with Crippen LogP contribution in [0.15, 0.2) is 44.6 Å². The molecule has 28 heavy (non-hydrogen) atoms. The van der Waals surface area contributed by atoms with Crippen LogP contribution in [0.4, 0.5) is 0 Å². The monoisotopic (exact) mass is 418 g/mol. The van der Waals surface area contributed by atoms with Gasteiger partial charge in [0.2, 0.25) is 0 Å². The number of ether oxygens (including phenoxy) is 1. The maximum Gasteiger partial charge on any atom is 0.271 e. The minimum absolute atomic E-state index is 0.0556. The summed E-state index contributed by atoms with van der Waals surface area (Å²) in [5, 5.41) is 1.17. The van der Waals surface area contributed by atoms with Crippen LogP contribution in [0.2, 0.25) is 5.15 Å². The molecule has 0 aliphatic carbocycles. The molecule has 0 bridgehead atoms. The number of carbonyl (C=O) groups excluding carboxylic acids is 1. The van der Waals surface area contributed by atoms with Gasteiger partial charge in [0, 0.05) is 11.6 Å². The van der Waals surface area contributed by atoms with Gasteiger partial charge < -0.3 is 14.9 Å². The number of nitrogens with zero attached hydrogens (tertiary/aromatic N) is 1. The summed E-state index contributed by atoms with van der Waals surface area (Å²) < 4.78 is 11.9. The quantitative estimate of drug-likeness (QED) is 0.467. The first kappa shape index (κ1) is 20.2. The SMILES string of the molecule is CCSc1cc(=O)c2cc(C)cc([C@@H](C)Oc3ccc(Cl)nc3C(N)=O)c2o1. The fourth-order valence-corrected chi connectivity index (χ4v) is 3.64. The zero-order valence-electron chi connectivity index (χ0n) is 15.6. The number of pyridine rings is 1. The smallest absolute Gasteiger partial charge is 0.271 e. The minimum atomic E-state index is -0.744. The van der Waals surface area contributed by atoms with Gasteiger partial charge in [-0.25, -0.2) is 4.98 Å². The number of nitrogens with two attached hydrogens (primary N) is 1. The van der Waals surface area contributed by atoms with E-state index in [9.17, 15) is 9.59 Å². The van der Waals surface area contributed by atoms with E-state index in [1.54, 1.807) is 19.1 Å². The fourth-order valence-electron chi connectivity index (χ4n) is 2.88. The van der Waals surface area contributed by atoms with Gasteiger partial charge in [0.1, 0.15) is 16.8 Å². The van der Waals surface area contributed by atoms with E-state index in [4.69, 9.17) is 26.5 Å². The number of fused-ring (bicyclic) bond motifs is 1. The van der Waals surface area contributed by atoms with E-state index in [1.807, 2.05) is 19.9 Å². The number of aryl methyl sites for hydroxylation is 1. The summed E-state index contributed by atoms with van der Waals surface area (Å²) in [6, 6.07) is 8.23. The van der Waals surface area contributed by atoms with E-state index in [0.717, 1.165) is 11.3 Å². The highest BCUT2D eigenvalue weighted by Crippen LogP contribution is 2.32. The summed E-state index contributed by atoms with van der Waals surface area (Å²) >= 11 is 7.30. The topological polar surface area (TPSA) is 95.4 Å². The highest BCUT2D eigenvalue weighted by molar-refractivity contribution is 7.99. The van der Waals surface area contributed by atoms with Crippen LogP contribution in [0, 0.1) is 6.92 Å². The molecule has 1 atom stereocenters. The molecule has 2 heterocycles. The molecule has 1 amide bonds. The third-order valence-electron chi connectivity index (χ3n) is 4.07. The first-order valence-corrected chi connectivity index (χ1v) is 10.0. The lowest BCUT2D eigenvalue weighted by molar-refractivity contribution is 0.0988. The normalized spacial score (nSPS) is 12.1. The molecule has 2 N–H and O–H groups in total. The molecular formula is C20H19ClN2O4S. The average molecular weight is 419 g/mol. The molecule has 146 valence electrons. The molecule has 8 heteroatoms. The predicted molar refractivity (Wildman–Crippen MR) is 110 cm³/mol. The van der Waals surface area contributed by atoms with E-state index in [2.05, 4.69) is 4.98 Å². The third-order valence-corrected chi connectivity index (χ3v) is 5.05. The second kappa shape index (κ2) is 8.24. The van der Waals surface area contributed by atoms with Crippen LogP contribution >= 0.6 is 23.4 Å². The predicted octanol–water partition coefficient (Wildman–Crippen LogP) is 4.50. The minimum Gasteiger partial charge on any atom is -0.483 e. The molecule has 6 nitrogen and oxygen atoms in total. The Labute approximate surface area is 171 Å². The highest BCUT2D eigenvalue weighted by Gasteiger charge is 2.20. The molecule has 0 unspecified atom stereocenters. The number of rotatable bonds is 6. The van der Waals surface area contributed by atoms with Gasteiger partial charge in [0.15, 0.2) is 22.0 Å². The van der Waals surface area contributed by atoms with Crippen LogP contribution < -0.4 is 15.9 Å². The summed E-state index contributed by atoms with van der Waals surface area (Å²) in [5.74, 6) is 0.243. The van der Waals surface area contributed by atoms with Gasteiger partial charge in [-0.15, -0.1) is 0 Å². The molecule has 0 aliphatic rings. The maximum atomic E-state index is 12.5. The summed E-state index contributed by atoms with van der Waals surface area (Å²) in [6.45, 7) is 5.67. The number of amides is 1. The van der Waals surface area contributed by atoms with Crippen LogP contribution in [0.3, 0.4) is 0 Å². The molecule has 0 aliphatic heterocycles. The van der Waals surface area contributed by atoms with Crippen molar-refractivity contribution in [2.24, 2.45) is 5.73 Å². The van der Waals surface area contributed by atoms with Crippen molar-refractivity contribution in [3.05, 3.63) is 62.5 Å². The van der Waals surface area contributed by atoms with Crippen molar-refractivity contribution in [3.8, 4) is 5.75 Å². The first-order valence-electron chi connectivity index (χ1n) is 8.64. The molecule has 3 aromatic rings. The lowest BCUT2D eigenvalue weighted by Gasteiger charge is -2.18. The Morgan fingerprint density at radius 3 is 2.79 bits per heavy atom. The van der Waals surface area contributed by atoms with Crippen molar-refractivity contribution in [3.63, 3.8) is 0 Å². The van der Waals surface area contributed by atoms with E-state index in [0.29, 0.717) is 21.6 Å². The van der Waals surface area contributed by atoms with Gasteiger partial charge >= 0.3 is 0 Å². The Hall–Kier alpha value is -2.51. The summed E-state index contributed by atoms with van der Waals surface area (Å²) in [5.41, 5.74) is 7.26. The molecule has 0 saturated heterocycles. The van der Waals surface area contributed by atoms with E-state index in [-0.39, 0.29) is 22.0 Å². The summed E-state index contributed by atoms with van der Waals surface area (Å²) in [7, 11) is 0. The molecule has 3 rings (SSSR count). The van der Waals surface area contributed by atoms with Gasteiger partial charge in [-0.05, 0) is 49.4 Å². The van der Waals surface area contributed by atoms with Crippen molar-refractivity contribution >= 4 is 40.2 Å². The number of halogens is 1. The molecular weight excluding hydrogens is 400 g/mol. The Kier molecular flexibility index (Phi) is 5.96. The molecule has 1 aromatic carbocycles. The first-order chi connectivity index (χ1) is 13.3. The lowest BCUT2D eigenvalue weighted by atomic mass is 10.0. The van der Waals surface area contributed by atoms with Gasteiger partial charge in [0.05, 0.1) is 5.39 Å². The van der Waals surface area contributed by atoms with Gasteiger partial charge in [-0.3, -0.25) is 9.59 Å². The number of carbonyl (C=O) groups is 1. The molecule has 0 saturated carbocycles. The summed E-state index contributed by atoms with van der Waals surface area (Å²) in [6.07, 6.45) is -0.534. The van der Waals surface area contributed by atoms with Gasteiger partial charge in [0.25, 0.3) is 5.91 Å². The number of hydrogen-bond acceptors (Lipinski definition) is 6. The van der Waals surface area contributed by atoms with Crippen molar-refractivity contribution < 1.29 is 13.9 Å². The Balaban J connectivity index is 2.10. The van der Waals surface area contributed by atoms with E-state index < -0.39 is 12.0 Å². The number of thioether (sulfide) groups is 1. The van der Waals surface area contributed by atoms with Gasteiger partial charge in [-0.2, -0.15) is 0 Å². The molecule has 2 aromatic heterocycles. The van der Waals surface area contributed by atoms with Crippen molar-refractivity contribution in [2.45, 2.75) is 32.0 Å². The second-order valence-electron chi connectivity index (χ2n) is 6.20. The Morgan fingerprint density at radius 2 is 2.11 bits per heavy atom. The fraction of sp³-hybridized carbons (Fsp3) is 0.250. The van der Waals surface area contributed by atoms with Crippen LogP contribution in [-0.4, -0.2) is 16.6 Å². The third kappa shape index (κ3) is 4.15. The molecule has 0 fully saturated rings. The van der Waals surface area contributed by atoms with Crippen molar-refractivity contribution in [2.75, 3.05) is 5.75 Å². The zero-order chi connectivity index (χ0) is 20.4. The standard InChI is InChI=1S/C20H19ClN2O4S/c1-4-28-17-9-14(24)13-8-10(2)7-12(19(13)27-17)11(3)26-15-5-6-16(21)23-18(15)20(22)25/h5-9,11H,4H2,1-3H3,(H2,22,25)/t11-/m1/s1. The van der Waals surface area contributed by atoms with E-state index in [1.165, 1.54) is 23.9 Å². The van der Waals surface area contributed by atoms with Crippen LogP contribution in [-0.2, 0) is 0 Å². The molecule has 0 spiro atoms. The maximum absolute atomic E-state index is 12.5. The second-order valence-corrected chi connectivity index (χ2v) is 7.85. The van der Waals surface area contributed by atoms with Crippen LogP contribution in [0.1, 0.15) is 41.6 Å². The summed E-state index contributed by atoms with van der Waals surface area (Å²) in [4.78, 5) is 28.2. The lowest BCUT2D eigenvalue weighted by Crippen LogP contribution is -2.16. The number of hydrogen-bond donors (Lipinski definition) is 1. The average Bonchev–Trinajstić information content (AvgIpc) is 2.63. The highest BCUT2D eigenvalue weighted by atomic mass is 35.5. The van der Waals surface area contributed by atoms with E-state index >= 15 is 0 Å². The Bertz CT molecular complexity index is 1110. The Morgan fingerprint density at radius 1 is 1.36 bits per heavy atom. The van der Waals surface area contributed by atoms with Gasteiger partial charge in [-0.1, -0.05) is 30.3 Å². The number of aromatic nitrogens is 1.